The van der Waals surface area contributed by atoms with Gasteiger partial charge < -0.3 is 5.11 Å². The number of carbonyl (C=O) groups is 1. The van der Waals surface area contributed by atoms with Crippen molar-refractivity contribution in [3.05, 3.63) is 35.1 Å². The molecule has 1 aliphatic rings. The number of carboxylic acid groups (broad SMARTS) is 1. The molecule has 110 valence electrons. The Morgan fingerprint density at radius 1 is 1.40 bits per heavy atom. The summed E-state index contributed by atoms with van der Waals surface area (Å²) < 4.78 is 51.6. The number of hydrogen-bond donors (Lipinski definition) is 1. The molecule has 1 aromatic rings. The number of hydrogen-bond acceptors (Lipinski definition) is 2. The molecule has 0 spiro atoms. The lowest BCUT2D eigenvalue weighted by atomic mass is 10.1. The molecule has 0 amide bonds. The molecule has 0 aromatic heterocycles. The summed E-state index contributed by atoms with van der Waals surface area (Å²) in [6.45, 7) is 0.276. The maximum absolute atomic E-state index is 13.0. The number of aliphatic carboxylic acids is 1. The topological polar surface area (TPSA) is 40.5 Å². The molecule has 0 aliphatic carbocycles. The highest BCUT2D eigenvalue weighted by Crippen LogP contribution is 2.34. The average Bonchev–Trinajstić information content (AvgIpc) is 2.78. The van der Waals surface area contributed by atoms with E-state index in [0.717, 1.165) is 12.1 Å². The summed E-state index contributed by atoms with van der Waals surface area (Å²) in [5.74, 6) is -2.00. The molecule has 1 heterocycles. The monoisotopic (exact) mass is 291 g/mol. The van der Waals surface area contributed by atoms with Crippen LogP contribution in [0.2, 0.25) is 0 Å². The number of nitrogens with zero attached hydrogens (tertiary/aromatic N) is 1. The summed E-state index contributed by atoms with van der Waals surface area (Å²) >= 11 is 0. The largest absolute Gasteiger partial charge is 0.480 e. The van der Waals surface area contributed by atoms with E-state index in [4.69, 9.17) is 5.11 Å². The molecular weight excluding hydrogens is 278 g/mol. The number of benzene rings is 1. The van der Waals surface area contributed by atoms with E-state index in [2.05, 4.69) is 0 Å². The van der Waals surface area contributed by atoms with E-state index in [-0.39, 0.29) is 12.1 Å². The van der Waals surface area contributed by atoms with E-state index in [1.165, 1.54) is 4.90 Å². The summed E-state index contributed by atoms with van der Waals surface area (Å²) in [6.07, 6.45) is -3.62. The summed E-state index contributed by atoms with van der Waals surface area (Å²) in [5, 5.41) is 9.01. The van der Waals surface area contributed by atoms with Crippen LogP contribution in [-0.2, 0) is 17.5 Å². The van der Waals surface area contributed by atoms with E-state index in [1.807, 2.05) is 0 Å². The van der Waals surface area contributed by atoms with Crippen LogP contribution < -0.4 is 0 Å². The molecular formula is C13H13F4NO2. The van der Waals surface area contributed by atoms with Crippen molar-refractivity contribution in [3.63, 3.8) is 0 Å². The fourth-order valence-electron chi connectivity index (χ4n) is 2.46. The van der Waals surface area contributed by atoms with Gasteiger partial charge in [-0.3, -0.25) is 9.69 Å². The minimum atomic E-state index is -4.66. The summed E-state index contributed by atoms with van der Waals surface area (Å²) in [7, 11) is 0. The van der Waals surface area contributed by atoms with Crippen molar-refractivity contribution in [3.8, 4) is 0 Å². The molecule has 20 heavy (non-hydrogen) atoms. The highest BCUT2D eigenvalue weighted by atomic mass is 19.4. The second kappa shape index (κ2) is 5.40. The van der Waals surface area contributed by atoms with Gasteiger partial charge in [0.1, 0.15) is 11.9 Å². The van der Waals surface area contributed by atoms with Gasteiger partial charge in [-0.25, -0.2) is 4.39 Å². The highest BCUT2D eigenvalue weighted by molar-refractivity contribution is 5.73. The van der Waals surface area contributed by atoms with Gasteiger partial charge >= 0.3 is 12.1 Å². The smallest absolute Gasteiger partial charge is 0.416 e. The molecule has 3 nitrogen and oxygen atoms in total. The van der Waals surface area contributed by atoms with E-state index in [1.54, 1.807) is 0 Å². The lowest BCUT2D eigenvalue weighted by molar-refractivity contribution is -0.142. The van der Waals surface area contributed by atoms with E-state index in [9.17, 15) is 22.4 Å². The van der Waals surface area contributed by atoms with E-state index < -0.39 is 29.6 Å². The molecule has 1 fully saturated rings. The fourth-order valence-corrected chi connectivity index (χ4v) is 2.46. The molecule has 1 N–H and O–H groups in total. The van der Waals surface area contributed by atoms with Gasteiger partial charge in [0.25, 0.3) is 0 Å². The van der Waals surface area contributed by atoms with E-state index in [0.29, 0.717) is 25.5 Å². The Balaban J connectivity index is 2.27. The third kappa shape index (κ3) is 3.09. The van der Waals surface area contributed by atoms with Crippen LogP contribution in [0.3, 0.4) is 0 Å². The van der Waals surface area contributed by atoms with Crippen molar-refractivity contribution in [2.24, 2.45) is 0 Å². The quantitative estimate of drug-likeness (QED) is 0.871. The van der Waals surface area contributed by atoms with Crippen LogP contribution in [0.15, 0.2) is 18.2 Å². The molecule has 0 radical (unpaired) electrons. The Morgan fingerprint density at radius 3 is 2.70 bits per heavy atom. The maximum atomic E-state index is 13.0. The van der Waals surface area contributed by atoms with Gasteiger partial charge in [-0.2, -0.15) is 13.2 Å². The highest BCUT2D eigenvalue weighted by Gasteiger charge is 2.36. The number of carboxylic acids is 1. The van der Waals surface area contributed by atoms with Gasteiger partial charge in [0, 0.05) is 6.54 Å². The standard InChI is InChI=1S/C13H13F4NO2/c14-9-4-3-8(10(6-9)13(15,16)17)7-18-5-1-2-11(18)12(19)20/h3-4,6,11H,1-2,5,7H2,(H,19,20)/t11-/m0/s1. The van der Waals surface area contributed by atoms with Crippen molar-refractivity contribution in [1.29, 1.82) is 0 Å². The number of likely N-dealkylation sites (tertiary alicyclic amines) is 1. The first kappa shape index (κ1) is 14.8. The SMILES string of the molecule is O=C(O)[C@@H]1CCCN1Cc1ccc(F)cc1C(F)(F)F. The molecule has 0 saturated carbocycles. The maximum Gasteiger partial charge on any atom is 0.416 e. The van der Waals surface area contributed by atoms with Gasteiger partial charge in [0.05, 0.1) is 5.56 Å². The first-order valence-electron chi connectivity index (χ1n) is 6.11. The van der Waals surface area contributed by atoms with Gasteiger partial charge in [-0.05, 0) is 37.1 Å². The lowest BCUT2D eigenvalue weighted by Gasteiger charge is -2.23. The Kier molecular flexibility index (Phi) is 3.99. The summed E-state index contributed by atoms with van der Waals surface area (Å²) in [5.41, 5.74) is -1.15. The van der Waals surface area contributed by atoms with Crippen molar-refractivity contribution < 1.29 is 27.5 Å². The van der Waals surface area contributed by atoms with Crippen LogP contribution in [-0.4, -0.2) is 28.6 Å². The Labute approximate surface area is 112 Å². The van der Waals surface area contributed by atoms with Crippen LogP contribution in [0.4, 0.5) is 17.6 Å². The third-order valence-electron chi connectivity index (χ3n) is 3.40. The number of alkyl halides is 3. The third-order valence-corrected chi connectivity index (χ3v) is 3.40. The van der Waals surface area contributed by atoms with Crippen molar-refractivity contribution in [2.75, 3.05) is 6.54 Å². The fraction of sp³-hybridized carbons (Fsp3) is 0.462. The van der Waals surface area contributed by atoms with Crippen LogP contribution in [0, 0.1) is 5.82 Å². The van der Waals surface area contributed by atoms with Crippen LogP contribution in [0.5, 0.6) is 0 Å². The average molecular weight is 291 g/mol. The van der Waals surface area contributed by atoms with Crippen molar-refractivity contribution >= 4 is 5.97 Å². The number of rotatable bonds is 3. The Hall–Kier alpha value is -1.63. The molecule has 7 heteroatoms. The van der Waals surface area contributed by atoms with Crippen LogP contribution in [0.25, 0.3) is 0 Å². The lowest BCUT2D eigenvalue weighted by Crippen LogP contribution is -2.35. The molecule has 0 bridgehead atoms. The van der Waals surface area contributed by atoms with Crippen molar-refractivity contribution in [1.82, 2.24) is 4.90 Å². The zero-order chi connectivity index (χ0) is 14.9. The van der Waals surface area contributed by atoms with Gasteiger partial charge in [0.2, 0.25) is 0 Å². The molecule has 0 unspecified atom stereocenters. The molecule has 1 aromatic carbocycles. The number of halogens is 4. The summed E-state index contributed by atoms with van der Waals surface area (Å²) in [6, 6.07) is 1.69. The predicted octanol–water partition coefficient (Wildman–Crippen LogP) is 2.89. The minimum Gasteiger partial charge on any atom is -0.480 e. The Morgan fingerprint density at radius 2 is 2.10 bits per heavy atom. The molecule has 1 atom stereocenters. The summed E-state index contributed by atoms with van der Waals surface area (Å²) in [4.78, 5) is 12.5. The predicted molar refractivity (Wildman–Crippen MR) is 62.5 cm³/mol. The van der Waals surface area contributed by atoms with Crippen LogP contribution in [0.1, 0.15) is 24.0 Å². The molecule has 1 aliphatic heterocycles. The molecule has 2 rings (SSSR count). The van der Waals surface area contributed by atoms with Crippen LogP contribution >= 0.6 is 0 Å². The first-order valence-corrected chi connectivity index (χ1v) is 6.11. The normalized spacial score (nSPS) is 20.3. The first-order chi connectivity index (χ1) is 9.29. The van der Waals surface area contributed by atoms with Crippen molar-refractivity contribution in [2.45, 2.75) is 31.6 Å². The zero-order valence-electron chi connectivity index (χ0n) is 10.5. The van der Waals surface area contributed by atoms with Gasteiger partial charge in [-0.1, -0.05) is 6.07 Å². The Bertz CT molecular complexity index is 516. The zero-order valence-corrected chi connectivity index (χ0v) is 10.5. The minimum absolute atomic E-state index is 0.105. The second-order valence-corrected chi connectivity index (χ2v) is 4.77. The molecule has 1 saturated heterocycles. The second-order valence-electron chi connectivity index (χ2n) is 4.77. The van der Waals surface area contributed by atoms with Gasteiger partial charge in [0.15, 0.2) is 0 Å². The van der Waals surface area contributed by atoms with E-state index >= 15 is 0 Å². The van der Waals surface area contributed by atoms with Gasteiger partial charge in [-0.15, -0.1) is 0 Å².